The summed E-state index contributed by atoms with van der Waals surface area (Å²) < 4.78 is 13.5. The summed E-state index contributed by atoms with van der Waals surface area (Å²) in [6.07, 6.45) is 0.663. The highest BCUT2D eigenvalue weighted by Gasteiger charge is 2.15. The lowest BCUT2D eigenvalue weighted by Crippen LogP contribution is -2.21. The fraction of sp³-hybridized carbons (Fsp3) is 0.333. The molecule has 0 spiro atoms. The Balaban J connectivity index is 2.28. The Kier molecular flexibility index (Phi) is 4.68. The van der Waals surface area contributed by atoms with Crippen LogP contribution in [-0.2, 0) is 6.42 Å². The first-order chi connectivity index (χ1) is 9.51. The summed E-state index contributed by atoms with van der Waals surface area (Å²) in [6, 6.07) is 6.97. The van der Waals surface area contributed by atoms with Gasteiger partial charge in [-0.25, -0.2) is 4.39 Å². The molecule has 3 nitrogen and oxygen atoms in total. The fourth-order valence-corrected chi connectivity index (χ4v) is 2.31. The molecule has 0 aliphatic rings. The molecule has 1 unspecified atom stereocenters. The molecule has 5 heteroatoms. The number of hydrogen-bond acceptors (Lipinski definition) is 3. The van der Waals surface area contributed by atoms with E-state index in [0.29, 0.717) is 6.42 Å². The lowest BCUT2D eigenvalue weighted by molar-refractivity contribution is 0.576. The van der Waals surface area contributed by atoms with Crippen molar-refractivity contribution < 1.29 is 4.39 Å². The van der Waals surface area contributed by atoms with E-state index in [0.717, 1.165) is 22.5 Å². The summed E-state index contributed by atoms with van der Waals surface area (Å²) in [4.78, 5) is 0. The molecule has 1 N–H and O–H groups in total. The quantitative estimate of drug-likeness (QED) is 0.939. The highest BCUT2D eigenvalue weighted by Crippen LogP contribution is 2.23. The second kappa shape index (κ2) is 6.29. The van der Waals surface area contributed by atoms with E-state index >= 15 is 0 Å². The van der Waals surface area contributed by atoms with Crippen molar-refractivity contribution in [2.75, 3.05) is 7.05 Å². The van der Waals surface area contributed by atoms with Gasteiger partial charge in [-0.2, -0.15) is 10.2 Å². The van der Waals surface area contributed by atoms with Gasteiger partial charge in [-0.05, 0) is 56.6 Å². The van der Waals surface area contributed by atoms with E-state index < -0.39 is 0 Å². The van der Waals surface area contributed by atoms with Crippen LogP contribution in [0.1, 0.15) is 28.6 Å². The fourth-order valence-electron chi connectivity index (χ4n) is 2.19. The Morgan fingerprint density at radius 1 is 1.25 bits per heavy atom. The Labute approximate surface area is 123 Å². The van der Waals surface area contributed by atoms with E-state index in [-0.39, 0.29) is 16.9 Å². The molecule has 0 bridgehead atoms. The second-order valence-electron chi connectivity index (χ2n) is 4.82. The third-order valence-corrected chi connectivity index (χ3v) is 3.59. The molecule has 0 amide bonds. The SMILES string of the molecule is CNC(Cc1ccc(Cl)c(F)c1)c1cc(C)nnc1C. The van der Waals surface area contributed by atoms with Gasteiger partial charge in [-0.15, -0.1) is 0 Å². The number of likely N-dealkylation sites (N-methyl/N-ethyl adjacent to an activating group) is 1. The van der Waals surface area contributed by atoms with Gasteiger partial charge in [0.1, 0.15) is 5.82 Å². The first-order valence-corrected chi connectivity index (χ1v) is 6.81. The third-order valence-electron chi connectivity index (χ3n) is 3.29. The standard InChI is InChI=1S/C15H17ClFN3/c1-9-6-12(10(2)20-19-9)15(18-3)8-11-4-5-13(16)14(17)7-11/h4-7,15,18H,8H2,1-3H3. The number of aromatic nitrogens is 2. The van der Waals surface area contributed by atoms with Crippen LogP contribution in [0.5, 0.6) is 0 Å². The molecule has 0 aliphatic heterocycles. The number of hydrogen-bond donors (Lipinski definition) is 1. The first kappa shape index (κ1) is 14.9. The Hall–Kier alpha value is -1.52. The van der Waals surface area contributed by atoms with E-state index in [4.69, 9.17) is 11.6 Å². The van der Waals surface area contributed by atoms with E-state index in [1.165, 1.54) is 6.07 Å². The van der Waals surface area contributed by atoms with Crippen LogP contribution in [0, 0.1) is 19.7 Å². The van der Waals surface area contributed by atoms with Crippen molar-refractivity contribution in [1.82, 2.24) is 15.5 Å². The van der Waals surface area contributed by atoms with Crippen molar-refractivity contribution in [3.8, 4) is 0 Å². The summed E-state index contributed by atoms with van der Waals surface area (Å²) in [5.74, 6) is -0.389. The predicted molar refractivity (Wildman–Crippen MR) is 78.4 cm³/mol. The molecular formula is C15H17ClFN3. The van der Waals surface area contributed by atoms with Gasteiger partial charge in [0.2, 0.25) is 0 Å². The number of nitrogens with zero attached hydrogens (tertiary/aromatic N) is 2. The molecule has 106 valence electrons. The largest absolute Gasteiger partial charge is 0.313 e. The predicted octanol–water partition coefficient (Wildman–Crippen LogP) is 3.39. The molecule has 0 saturated heterocycles. The highest BCUT2D eigenvalue weighted by molar-refractivity contribution is 6.30. The van der Waals surface area contributed by atoms with Crippen molar-refractivity contribution in [2.45, 2.75) is 26.3 Å². The van der Waals surface area contributed by atoms with Gasteiger partial charge >= 0.3 is 0 Å². The summed E-state index contributed by atoms with van der Waals surface area (Å²) in [5.41, 5.74) is 3.72. The minimum absolute atomic E-state index is 0.0600. The van der Waals surface area contributed by atoms with Crippen molar-refractivity contribution in [3.05, 3.63) is 57.6 Å². The molecule has 0 saturated carbocycles. The zero-order chi connectivity index (χ0) is 14.7. The molecule has 1 atom stereocenters. The summed E-state index contributed by atoms with van der Waals surface area (Å²) in [7, 11) is 1.88. The third kappa shape index (κ3) is 3.32. The van der Waals surface area contributed by atoms with E-state index in [2.05, 4.69) is 15.5 Å². The normalized spacial score (nSPS) is 12.4. The van der Waals surface area contributed by atoms with Crippen LogP contribution in [0.2, 0.25) is 5.02 Å². The van der Waals surface area contributed by atoms with Gasteiger partial charge in [0.25, 0.3) is 0 Å². The van der Waals surface area contributed by atoms with E-state index in [9.17, 15) is 4.39 Å². The number of rotatable bonds is 4. The van der Waals surface area contributed by atoms with Crippen LogP contribution >= 0.6 is 11.6 Å². The minimum Gasteiger partial charge on any atom is -0.313 e. The second-order valence-corrected chi connectivity index (χ2v) is 5.23. The van der Waals surface area contributed by atoms with Gasteiger partial charge < -0.3 is 5.32 Å². The minimum atomic E-state index is -0.389. The Morgan fingerprint density at radius 2 is 2.00 bits per heavy atom. The van der Waals surface area contributed by atoms with Gasteiger partial charge in [0.05, 0.1) is 16.4 Å². The Morgan fingerprint density at radius 3 is 2.65 bits per heavy atom. The van der Waals surface area contributed by atoms with Crippen molar-refractivity contribution in [3.63, 3.8) is 0 Å². The van der Waals surface area contributed by atoms with Crippen LogP contribution in [0.4, 0.5) is 4.39 Å². The summed E-state index contributed by atoms with van der Waals surface area (Å²) in [6.45, 7) is 3.83. The maximum absolute atomic E-state index is 13.5. The summed E-state index contributed by atoms with van der Waals surface area (Å²) >= 11 is 5.71. The lowest BCUT2D eigenvalue weighted by Gasteiger charge is -2.18. The molecule has 20 heavy (non-hydrogen) atoms. The highest BCUT2D eigenvalue weighted by atomic mass is 35.5. The van der Waals surface area contributed by atoms with Gasteiger partial charge in [-0.3, -0.25) is 0 Å². The first-order valence-electron chi connectivity index (χ1n) is 6.43. The van der Waals surface area contributed by atoms with Crippen molar-refractivity contribution in [1.29, 1.82) is 0 Å². The van der Waals surface area contributed by atoms with Gasteiger partial charge in [0, 0.05) is 6.04 Å². The zero-order valence-corrected chi connectivity index (χ0v) is 12.5. The van der Waals surface area contributed by atoms with Gasteiger partial charge in [-0.1, -0.05) is 17.7 Å². The van der Waals surface area contributed by atoms with E-state index in [1.54, 1.807) is 6.07 Å². The monoisotopic (exact) mass is 293 g/mol. The molecule has 2 aromatic rings. The molecule has 2 rings (SSSR count). The van der Waals surface area contributed by atoms with Crippen LogP contribution in [-0.4, -0.2) is 17.2 Å². The number of aryl methyl sites for hydroxylation is 2. The molecule has 1 heterocycles. The number of nitrogens with one attached hydrogen (secondary N) is 1. The average molecular weight is 294 g/mol. The van der Waals surface area contributed by atoms with Crippen molar-refractivity contribution >= 4 is 11.6 Å². The topological polar surface area (TPSA) is 37.8 Å². The number of benzene rings is 1. The maximum Gasteiger partial charge on any atom is 0.142 e. The van der Waals surface area contributed by atoms with Crippen LogP contribution < -0.4 is 5.32 Å². The smallest absolute Gasteiger partial charge is 0.142 e. The molecule has 1 aromatic carbocycles. The maximum atomic E-state index is 13.5. The molecule has 0 radical (unpaired) electrons. The zero-order valence-electron chi connectivity index (χ0n) is 11.7. The van der Waals surface area contributed by atoms with Crippen molar-refractivity contribution in [2.24, 2.45) is 0 Å². The average Bonchev–Trinajstić information content (AvgIpc) is 2.43. The molecular weight excluding hydrogens is 277 g/mol. The van der Waals surface area contributed by atoms with Crippen LogP contribution in [0.3, 0.4) is 0 Å². The molecule has 1 aromatic heterocycles. The van der Waals surface area contributed by atoms with Crippen LogP contribution in [0.25, 0.3) is 0 Å². The van der Waals surface area contributed by atoms with E-state index in [1.807, 2.05) is 33.0 Å². The Bertz CT molecular complexity index is 616. The van der Waals surface area contributed by atoms with Gasteiger partial charge in [0.15, 0.2) is 0 Å². The number of halogens is 2. The van der Waals surface area contributed by atoms with Crippen LogP contribution in [0.15, 0.2) is 24.3 Å². The molecule has 0 fully saturated rings. The lowest BCUT2D eigenvalue weighted by atomic mass is 9.98. The summed E-state index contributed by atoms with van der Waals surface area (Å²) in [5, 5.41) is 11.6. The molecule has 0 aliphatic carbocycles.